The average molecular weight is 357 g/mol. The number of nitrogens with zero attached hydrogens (tertiary/aromatic N) is 4. The van der Waals surface area contributed by atoms with Crippen molar-refractivity contribution in [3.05, 3.63) is 47.5 Å². The first-order valence-electron chi connectivity index (χ1n) is 9.34. The molecule has 0 bridgehead atoms. The Morgan fingerprint density at radius 1 is 1.12 bits per heavy atom. The number of aliphatic imine (C=N–C) groups is 1. The molecule has 0 unspecified atom stereocenters. The van der Waals surface area contributed by atoms with Gasteiger partial charge in [-0.2, -0.15) is 0 Å². The van der Waals surface area contributed by atoms with Gasteiger partial charge in [-0.25, -0.2) is 0 Å². The summed E-state index contributed by atoms with van der Waals surface area (Å²) in [5.41, 5.74) is 2.90. The van der Waals surface area contributed by atoms with E-state index in [1.165, 1.54) is 11.1 Å². The Labute approximate surface area is 157 Å². The minimum atomic E-state index is 0.200. The van der Waals surface area contributed by atoms with Crippen molar-refractivity contribution in [1.82, 2.24) is 25.4 Å². The summed E-state index contributed by atoms with van der Waals surface area (Å²) in [7, 11) is 1.80. The maximum Gasteiger partial charge on any atom is 0.191 e. The highest BCUT2D eigenvalue weighted by atomic mass is 15.3. The predicted molar refractivity (Wildman–Crippen MR) is 108 cm³/mol. The van der Waals surface area contributed by atoms with Crippen molar-refractivity contribution in [2.24, 2.45) is 4.99 Å². The number of guanidine groups is 1. The zero-order chi connectivity index (χ0) is 19.0. The van der Waals surface area contributed by atoms with E-state index in [1.807, 2.05) is 0 Å². The quantitative estimate of drug-likeness (QED) is 0.591. The Morgan fingerprint density at radius 3 is 2.42 bits per heavy atom. The molecule has 2 rings (SSSR count). The molecule has 26 heavy (non-hydrogen) atoms. The highest BCUT2D eigenvalue weighted by molar-refractivity contribution is 5.79. The second-order valence-corrected chi connectivity index (χ2v) is 7.42. The molecular formula is C20H32N6. The van der Waals surface area contributed by atoms with E-state index in [9.17, 15) is 0 Å². The summed E-state index contributed by atoms with van der Waals surface area (Å²) >= 11 is 0. The van der Waals surface area contributed by atoms with Gasteiger partial charge in [0.05, 0.1) is 0 Å². The molecule has 0 fully saturated rings. The molecule has 6 nitrogen and oxygen atoms in total. The first kappa shape index (κ1) is 19.9. The van der Waals surface area contributed by atoms with Gasteiger partial charge in [0.1, 0.15) is 12.2 Å². The van der Waals surface area contributed by atoms with Crippen LogP contribution in [0.4, 0.5) is 0 Å². The third-order valence-electron chi connectivity index (χ3n) is 4.41. The molecule has 2 N–H and O–H groups in total. The third-order valence-corrected chi connectivity index (χ3v) is 4.41. The maximum absolute atomic E-state index is 4.28. The van der Waals surface area contributed by atoms with E-state index in [-0.39, 0.29) is 5.41 Å². The van der Waals surface area contributed by atoms with Crippen molar-refractivity contribution in [2.75, 3.05) is 20.1 Å². The van der Waals surface area contributed by atoms with Gasteiger partial charge in [0, 0.05) is 33.1 Å². The molecule has 1 aromatic heterocycles. The number of hydrogen-bond donors (Lipinski definition) is 2. The zero-order valence-electron chi connectivity index (χ0n) is 16.7. The number of benzene rings is 1. The van der Waals surface area contributed by atoms with Gasteiger partial charge in [-0.05, 0) is 23.0 Å². The lowest BCUT2D eigenvalue weighted by Crippen LogP contribution is -2.39. The molecule has 0 atom stereocenters. The van der Waals surface area contributed by atoms with Crippen molar-refractivity contribution >= 4 is 5.96 Å². The summed E-state index contributed by atoms with van der Waals surface area (Å²) in [5.74, 6) is 1.83. The highest BCUT2D eigenvalue weighted by Gasteiger charge is 2.12. The summed E-state index contributed by atoms with van der Waals surface area (Å²) < 4.78 is 2.07. The van der Waals surface area contributed by atoms with E-state index in [1.54, 1.807) is 13.4 Å². The second-order valence-electron chi connectivity index (χ2n) is 7.42. The highest BCUT2D eigenvalue weighted by Crippen LogP contribution is 2.22. The molecule has 0 aliphatic carbocycles. The fourth-order valence-electron chi connectivity index (χ4n) is 2.75. The number of aromatic nitrogens is 3. The average Bonchev–Trinajstić information content (AvgIpc) is 3.07. The first-order valence-corrected chi connectivity index (χ1v) is 9.34. The number of aryl methyl sites for hydroxylation is 1. The largest absolute Gasteiger partial charge is 0.356 e. The number of rotatable bonds is 7. The molecule has 1 aromatic carbocycles. The van der Waals surface area contributed by atoms with Crippen LogP contribution in [0.5, 0.6) is 0 Å². The molecular weight excluding hydrogens is 324 g/mol. The third kappa shape index (κ3) is 5.86. The van der Waals surface area contributed by atoms with E-state index < -0.39 is 0 Å². The molecule has 142 valence electrons. The normalized spacial score (nSPS) is 12.3. The summed E-state index contributed by atoms with van der Waals surface area (Å²) in [4.78, 5) is 4.28. The Bertz CT molecular complexity index is 694. The first-order chi connectivity index (χ1) is 12.4. The monoisotopic (exact) mass is 356 g/mol. The molecule has 0 aliphatic heterocycles. The standard InChI is InChI=1S/C20H32N6/c1-6-18-25-24-15-26(18)14-13-23-19(21-5)22-12-11-16-7-9-17(10-8-16)20(2,3)4/h7-10,15H,6,11-14H2,1-5H3,(H2,21,22,23). The molecule has 1 heterocycles. The summed E-state index contributed by atoms with van der Waals surface area (Å²) in [6.07, 6.45) is 3.63. The van der Waals surface area contributed by atoms with Gasteiger partial charge < -0.3 is 15.2 Å². The predicted octanol–water partition coefficient (Wildman–Crippen LogP) is 2.55. The van der Waals surface area contributed by atoms with E-state index >= 15 is 0 Å². The van der Waals surface area contributed by atoms with Crippen LogP contribution < -0.4 is 10.6 Å². The topological polar surface area (TPSA) is 67.1 Å². The minimum absolute atomic E-state index is 0.200. The van der Waals surface area contributed by atoms with E-state index in [0.29, 0.717) is 0 Å². The van der Waals surface area contributed by atoms with Gasteiger partial charge in [0.2, 0.25) is 0 Å². The maximum atomic E-state index is 4.28. The van der Waals surface area contributed by atoms with Crippen molar-refractivity contribution < 1.29 is 0 Å². The van der Waals surface area contributed by atoms with Crippen LogP contribution in [-0.2, 0) is 24.8 Å². The second kappa shape index (κ2) is 9.36. The molecule has 0 spiro atoms. The molecule has 0 radical (unpaired) electrons. The van der Waals surface area contributed by atoms with Crippen LogP contribution in [-0.4, -0.2) is 40.9 Å². The van der Waals surface area contributed by atoms with Crippen LogP contribution >= 0.6 is 0 Å². The lowest BCUT2D eigenvalue weighted by molar-refractivity contribution is 0.590. The summed E-state index contributed by atoms with van der Waals surface area (Å²) in [5, 5.41) is 14.8. The molecule has 6 heteroatoms. The SMILES string of the molecule is CCc1nncn1CCNC(=NC)NCCc1ccc(C(C)(C)C)cc1. The Kier molecular flexibility index (Phi) is 7.18. The lowest BCUT2D eigenvalue weighted by atomic mass is 9.86. The van der Waals surface area contributed by atoms with Gasteiger partial charge >= 0.3 is 0 Å². The summed E-state index contributed by atoms with van der Waals surface area (Å²) in [6.45, 7) is 11.3. The van der Waals surface area contributed by atoms with Gasteiger partial charge in [-0.3, -0.25) is 4.99 Å². The van der Waals surface area contributed by atoms with Crippen molar-refractivity contribution in [3.63, 3.8) is 0 Å². The number of hydrogen-bond acceptors (Lipinski definition) is 3. The molecule has 0 aliphatic rings. The molecule has 0 saturated heterocycles. The fourth-order valence-corrected chi connectivity index (χ4v) is 2.75. The van der Waals surface area contributed by atoms with Crippen LogP contribution in [0, 0.1) is 0 Å². The fraction of sp³-hybridized carbons (Fsp3) is 0.550. The van der Waals surface area contributed by atoms with Gasteiger partial charge in [-0.1, -0.05) is 52.0 Å². The Balaban J connectivity index is 1.73. The van der Waals surface area contributed by atoms with E-state index in [2.05, 4.69) is 82.4 Å². The minimum Gasteiger partial charge on any atom is -0.356 e. The van der Waals surface area contributed by atoms with Crippen LogP contribution in [0.2, 0.25) is 0 Å². The van der Waals surface area contributed by atoms with Gasteiger partial charge in [0.15, 0.2) is 5.96 Å². The van der Waals surface area contributed by atoms with E-state index in [4.69, 9.17) is 0 Å². The van der Waals surface area contributed by atoms with Crippen molar-refractivity contribution in [3.8, 4) is 0 Å². The number of nitrogens with one attached hydrogen (secondary N) is 2. The van der Waals surface area contributed by atoms with Gasteiger partial charge in [-0.15, -0.1) is 10.2 Å². The zero-order valence-corrected chi connectivity index (χ0v) is 16.7. The summed E-state index contributed by atoms with van der Waals surface area (Å²) in [6, 6.07) is 8.90. The lowest BCUT2D eigenvalue weighted by Gasteiger charge is -2.19. The van der Waals surface area contributed by atoms with Crippen LogP contribution in [0.15, 0.2) is 35.6 Å². The van der Waals surface area contributed by atoms with Crippen molar-refractivity contribution in [1.29, 1.82) is 0 Å². The molecule has 0 amide bonds. The Hall–Kier alpha value is -2.37. The molecule has 0 saturated carbocycles. The Morgan fingerprint density at radius 2 is 1.81 bits per heavy atom. The van der Waals surface area contributed by atoms with Gasteiger partial charge in [0.25, 0.3) is 0 Å². The molecule has 2 aromatic rings. The van der Waals surface area contributed by atoms with Crippen molar-refractivity contribution in [2.45, 2.75) is 52.5 Å². The van der Waals surface area contributed by atoms with E-state index in [0.717, 1.165) is 44.3 Å². The van der Waals surface area contributed by atoms with Crippen LogP contribution in [0.25, 0.3) is 0 Å². The smallest absolute Gasteiger partial charge is 0.191 e. The van der Waals surface area contributed by atoms with Crippen LogP contribution in [0.3, 0.4) is 0 Å². The van der Waals surface area contributed by atoms with Crippen LogP contribution in [0.1, 0.15) is 44.6 Å².